The molecule has 0 aliphatic rings. The first kappa shape index (κ1) is 16.5. The molecule has 0 amide bonds. The summed E-state index contributed by atoms with van der Waals surface area (Å²) in [5, 5.41) is 3.38. The minimum absolute atomic E-state index is 0.153. The molecular weight excluding hydrogens is 306 g/mol. The number of nitrogens with one attached hydrogen (secondary N) is 1. The molecule has 1 N–H and O–H groups in total. The van der Waals surface area contributed by atoms with Crippen LogP contribution < -0.4 is 10.1 Å². The van der Waals surface area contributed by atoms with Crippen LogP contribution in [-0.2, 0) is 4.74 Å². The predicted octanol–water partition coefficient (Wildman–Crippen LogP) is 3.54. The van der Waals surface area contributed by atoms with E-state index in [-0.39, 0.29) is 6.10 Å². The Labute approximate surface area is 124 Å². The van der Waals surface area contributed by atoms with Gasteiger partial charge in [-0.25, -0.2) is 0 Å². The Morgan fingerprint density at radius 2 is 2.16 bits per heavy atom. The van der Waals surface area contributed by atoms with Crippen molar-refractivity contribution >= 4 is 15.9 Å². The van der Waals surface area contributed by atoms with Crippen molar-refractivity contribution in [1.82, 2.24) is 5.32 Å². The molecule has 1 unspecified atom stereocenters. The van der Waals surface area contributed by atoms with Gasteiger partial charge in [0.1, 0.15) is 11.9 Å². The van der Waals surface area contributed by atoms with E-state index in [1.165, 1.54) is 0 Å². The summed E-state index contributed by atoms with van der Waals surface area (Å²) in [4.78, 5) is 0. The largest absolute Gasteiger partial charge is 0.489 e. The Morgan fingerprint density at radius 1 is 1.37 bits per heavy atom. The van der Waals surface area contributed by atoms with Gasteiger partial charge in [0, 0.05) is 24.2 Å². The normalized spacial score (nSPS) is 12.4. The number of benzene rings is 1. The van der Waals surface area contributed by atoms with E-state index in [0.717, 1.165) is 48.5 Å². The molecule has 0 aliphatic heterocycles. The molecule has 0 bridgehead atoms. The van der Waals surface area contributed by atoms with Crippen LogP contribution in [0, 0.1) is 6.92 Å². The highest BCUT2D eigenvalue weighted by atomic mass is 79.9. The van der Waals surface area contributed by atoms with Crippen LogP contribution in [0.2, 0.25) is 0 Å². The third-order valence-electron chi connectivity index (χ3n) is 2.76. The summed E-state index contributed by atoms with van der Waals surface area (Å²) in [5.41, 5.74) is 1.16. The Kier molecular flexibility index (Phi) is 8.10. The predicted molar refractivity (Wildman–Crippen MR) is 82.9 cm³/mol. The first-order valence-electron chi connectivity index (χ1n) is 6.84. The minimum atomic E-state index is 0.153. The second kappa shape index (κ2) is 9.34. The standard InChI is InChI=1S/C15H24BrNO2/c1-4-18-9-5-8-17-11-13(3)19-15-10-14(16)7-6-12(15)2/h6-7,10,13,17H,4-5,8-9,11H2,1-3H3. The second-order valence-electron chi connectivity index (χ2n) is 4.59. The van der Waals surface area contributed by atoms with E-state index in [1.54, 1.807) is 0 Å². The summed E-state index contributed by atoms with van der Waals surface area (Å²) < 4.78 is 12.3. The lowest BCUT2D eigenvalue weighted by Gasteiger charge is -2.17. The maximum absolute atomic E-state index is 5.93. The molecule has 0 saturated carbocycles. The Balaban J connectivity index is 2.23. The van der Waals surface area contributed by atoms with Gasteiger partial charge in [0.15, 0.2) is 0 Å². The highest BCUT2D eigenvalue weighted by Crippen LogP contribution is 2.23. The van der Waals surface area contributed by atoms with Crippen molar-refractivity contribution in [3.8, 4) is 5.75 Å². The highest BCUT2D eigenvalue weighted by Gasteiger charge is 2.06. The summed E-state index contributed by atoms with van der Waals surface area (Å²) in [6, 6.07) is 6.10. The zero-order chi connectivity index (χ0) is 14.1. The van der Waals surface area contributed by atoms with Crippen molar-refractivity contribution in [2.24, 2.45) is 0 Å². The van der Waals surface area contributed by atoms with Crippen molar-refractivity contribution in [2.75, 3.05) is 26.3 Å². The Hall–Kier alpha value is -0.580. The fourth-order valence-corrected chi connectivity index (χ4v) is 2.05. The topological polar surface area (TPSA) is 30.5 Å². The van der Waals surface area contributed by atoms with Crippen LogP contribution in [0.5, 0.6) is 5.75 Å². The van der Waals surface area contributed by atoms with Crippen LogP contribution >= 0.6 is 15.9 Å². The lowest BCUT2D eigenvalue weighted by Crippen LogP contribution is -2.30. The van der Waals surface area contributed by atoms with Crippen molar-refractivity contribution in [3.05, 3.63) is 28.2 Å². The number of halogens is 1. The van der Waals surface area contributed by atoms with Gasteiger partial charge in [-0.3, -0.25) is 0 Å². The molecule has 1 rings (SSSR count). The van der Waals surface area contributed by atoms with Gasteiger partial charge in [-0.1, -0.05) is 22.0 Å². The molecule has 1 aromatic carbocycles. The van der Waals surface area contributed by atoms with Crippen LogP contribution in [0.3, 0.4) is 0 Å². The van der Waals surface area contributed by atoms with Crippen molar-refractivity contribution < 1.29 is 9.47 Å². The van der Waals surface area contributed by atoms with Crippen LogP contribution in [0.15, 0.2) is 22.7 Å². The molecule has 4 heteroatoms. The molecular formula is C15H24BrNO2. The molecule has 0 radical (unpaired) electrons. The van der Waals surface area contributed by atoms with Crippen molar-refractivity contribution in [1.29, 1.82) is 0 Å². The molecule has 0 heterocycles. The number of rotatable bonds is 9. The molecule has 19 heavy (non-hydrogen) atoms. The molecule has 0 aliphatic carbocycles. The van der Waals surface area contributed by atoms with Crippen molar-refractivity contribution in [2.45, 2.75) is 33.3 Å². The van der Waals surface area contributed by atoms with E-state index in [2.05, 4.69) is 41.2 Å². The third-order valence-corrected chi connectivity index (χ3v) is 3.25. The lowest BCUT2D eigenvalue weighted by molar-refractivity contribution is 0.143. The smallest absolute Gasteiger partial charge is 0.123 e. The average Bonchev–Trinajstić information content (AvgIpc) is 2.38. The highest BCUT2D eigenvalue weighted by molar-refractivity contribution is 9.10. The number of hydrogen-bond acceptors (Lipinski definition) is 3. The van der Waals surface area contributed by atoms with E-state index in [0.29, 0.717) is 0 Å². The molecule has 3 nitrogen and oxygen atoms in total. The molecule has 1 aromatic rings. The molecule has 0 spiro atoms. The van der Waals surface area contributed by atoms with E-state index in [4.69, 9.17) is 9.47 Å². The zero-order valence-corrected chi connectivity index (χ0v) is 13.6. The number of hydrogen-bond donors (Lipinski definition) is 1. The summed E-state index contributed by atoms with van der Waals surface area (Å²) in [6.45, 7) is 9.58. The fraction of sp³-hybridized carbons (Fsp3) is 0.600. The summed E-state index contributed by atoms with van der Waals surface area (Å²) in [7, 11) is 0. The van der Waals surface area contributed by atoms with Gasteiger partial charge in [-0.2, -0.15) is 0 Å². The van der Waals surface area contributed by atoms with Gasteiger partial charge < -0.3 is 14.8 Å². The summed E-state index contributed by atoms with van der Waals surface area (Å²) >= 11 is 3.46. The quantitative estimate of drug-likeness (QED) is 0.703. The van der Waals surface area contributed by atoms with Gasteiger partial charge in [-0.15, -0.1) is 0 Å². The maximum Gasteiger partial charge on any atom is 0.123 e. The Bertz CT molecular complexity index is 371. The lowest BCUT2D eigenvalue weighted by atomic mass is 10.2. The number of aryl methyl sites for hydroxylation is 1. The van der Waals surface area contributed by atoms with Gasteiger partial charge >= 0.3 is 0 Å². The minimum Gasteiger partial charge on any atom is -0.489 e. The SMILES string of the molecule is CCOCCCNCC(C)Oc1cc(Br)ccc1C. The van der Waals surface area contributed by atoms with Crippen LogP contribution in [0.1, 0.15) is 25.8 Å². The molecule has 0 aromatic heterocycles. The van der Waals surface area contributed by atoms with Crippen LogP contribution in [-0.4, -0.2) is 32.4 Å². The molecule has 0 saturated heterocycles. The second-order valence-corrected chi connectivity index (χ2v) is 5.51. The zero-order valence-electron chi connectivity index (χ0n) is 12.0. The average molecular weight is 330 g/mol. The maximum atomic E-state index is 5.93. The molecule has 1 atom stereocenters. The summed E-state index contributed by atoms with van der Waals surface area (Å²) in [5.74, 6) is 0.943. The first-order chi connectivity index (χ1) is 9.13. The monoisotopic (exact) mass is 329 g/mol. The molecule has 108 valence electrons. The van der Waals surface area contributed by atoms with E-state index >= 15 is 0 Å². The van der Waals surface area contributed by atoms with Crippen LogP contribution in [0.4, 0.5) is 0 Å². The van der Waals surface area contributed by atoms with Gasteiger partial charge in [0.25, 0.3) is 0 Å². The molecule has 0 fully saturated rings. The van der Waals surface area contributed by atoms with E-state index < -0.39 is 0 Å². The van der Waals surface area contributed by atoms with Crippen LogP contribution in [0.25, 0.3) is 0 Å². The van der Waals surface area contributed by atoms with Gasteiger partial charge in [0.05, 0.1) is 0 Å². The fourth-order valence-electron chi connectivity index (χ4n) is 1.71. The van der Waals surface area contributed by atoms with E-state index in [9.17, 15) is 0 Å². The number of ether oxygens (including phenoxy) is 2. The van der Waals surface area contributed by atoms with Gasteiger partial charge in [-0.05, 0) is 51.4 Å². The summed E-state index contributed by atoms with van der Waals surface area (Å²) in [6.07, 6.45) is 1.19. The first-order valence-corrected chi connectivity index (χ1v) is 7.64. The van der Waals surface area contributed by atoms with Gasteiger partial charge in [0.2, 0.25) is 0 Å². The third kappa shape index (κ3) is 6.95. The van der Waals surface area contributed by atoms with Crippen molar-refractivity contribution in [3.63, 3.8) is 0 Å². The Morgan fingerprint density at radius 3 is 2.89 bits per heavy atom. The van der Waals surface area contributed by atoms with E-state index in [1.807, 2.05) is 19.1 Å².